The first-order chi connectivity index (χ1) is 6.99. The normalized spacial score (nSPS) is 11.7. The zero-order valence-corrected chi connectivity index (χ0v) is 7.58. The van der Waals surface area contributed by atoms with E-state index in [2.05, 4.69) is 0 Å². The van der Waals surface area contributed by atoms with Crippen molar-refractivity contribution in [1.82, 2.24) is 5.32 Å². The van der Waals surface area contributed by atoms with Gasteiger partial charge in [-0.2, -0.15) is 13.2 Å². The van der Waals surface area contributed by atoms with Gasteiger partial charge in [-0.15, -0.1) is 0 Å². The van der Waals surface area contributed by atoms with Gasteiger partial charge in [0.2, 0.25) is 0 Å². The zero-order valence-electron chi connectivity index (χ0n) is 7.58. The summed E-state index contributed by atoms with van der Waals surface area (Å²) in [6.45, 7) is 0. The number of benzene rings is 1. The molecule has 0 spiro atoms. The smallest absolute Gasteiger partial charge is 0.329 e. The number of allylic oxidation sites excluding steroid dienone is 1. The van der Waals surface area contributed by atoms with Crippen molar-refractivity contribution in [1.29, 1.82) is 0 Å². The summed E-state index contributed by atoms with van der Waals surface area (Å²) >= 11 is 0. The third-order valence-electron chi connectivity index (χ3n) is 1.52. The summed E-state index contributed by atoms with van der Waals surface area (Å²) in [5.41, 5.74) is 0.310. The number of amides is 1. The van der Waals surface area contributed by atoms with Gasteiger partial charge in [0, 0.05) is 17.8 Å². The van der Waals surface area contributed by atoms with Gasteiger partial charge in [-0.1, -0.05) is 18.2 Å². The van der Waals surface area contributed by atoms with Crippen LogP contribution in [0.1, 0.15) is 10.4 Å². The molecule has 0 aliphatic rings. The quantitative estimate of drug-likeness (QED) is 0.806. The van der Waals surface area contributed by atoms with Crippen LogP contribution in [0.3, 0.4) is 0 Å². The summed E-state index contributed by atoms with van der Waals surface area (Å²) < 4.78 is 35.0. The molecule has 0 saturated heterocycles. The molecule has 0 aromatic heterocycles. The summed E-state index contributed by atoms with van der Waals surface area (Å²) in [5.74, 6) is -0.573. The fourth-order valence-electron chi connectivity index (χ4n) is 0.885. The van der Waals surface area contributed by atoms with E-state index in [1.54, 1.807) is 18.2 Å². The van der Waals surface area contributed by atoms with Crippen molar-refractivity contribution in [3.63, 3.8) is 0 Å². The molecular weight excluding hydrogens is 207 g/mol. The number of hydrogen-bond acceptors (Lipinski definition) is 1. The molecule has 0 heterocycles. The predicted octanol–water partition coefficient (Wildman–Crippen LogP) is 2.49. The average molecular weight is 215 g/mol. The summed E-state index contributed by atoms with van der Waals surface area (Å²) in [6, 6.07) is 7.99. The Bertz CT molecular complexity index is 357. The van der Waals surface area contributed by atoms with Gasteiger partial charge in [0.05, 0.1) is 0 Å². The molecule has 0 bridgehead atoms. The number of carbonyl (C=O) groups is 1. The van der Waals surface area contributed by atoms with Crippen LogP contribution in [-0.2, 0) is 0 Å². The Morgan fingerprint density at radius 1 is 1.20 bits per heavy atom. The fraction of sp³-hybridized carbons (Fsp3) is 0.100. The van der Waals surface area contributed by atoms with Crippen LogP contribution in [0.15, 0.2) is 42.6 Å². The summed E-state index contributed by atoms with van der Waals surface area (Å²) in [7, 11) is 0. The first-order valence-electron chi connectivity index (χ1n) is 4.09. The Hall–Kier alpha value is -1.78. The fourth-order valence-corrected chi connectivity index (χ4v) is 0.885. The summed E-state index contributed by atoms with van der Waals surface area (Å²) in [5, 5.41) is 2.02. The maximum Gasteiger partial charge on any atom is 0.411 e. The Morgan fingerprint density at radius 2 is 1.80 bits per heavy atom. The first kappa shape index (κ1) is 11.3. The topological polar surface area (TPSA) is 29.1 Å². The molecule has 0 aliphatic heterocycles. The molecule has 1 rings (SSSR count). The van der Waals surface area contributed by atoms with Gasteiger partial charge in [-0.3, -0.25) is 4.79 Å². The predicted molar refractivity (Wildman–Crippen MR) is 49.1 cm³/mol. The maximum atomic E-state index is 11.7. The molecule has 1 aromatic rings. The second-order valence-corrected chi connectivity index (χ2v) is 2.71. The zero-order chi connectivity index (χ0) is 11.3. The largest absolute Gasteiger partial charge is 0.411 e. The van der Waals surface area contributed by atoms with Crippen molar-refractivity contribution in [2.45, 2.75) is 6.18 Å². The van der Waals surface area contributed by atoms with Crippen LogP contribution in [-0.4, -0.2) is 12.1 Å². The van der Waals surface area contributed by atoms with Crippen LogP contribution in [0.2, 0.25) is 0 Å². The number of halogens is 3. The second-order valence-electron chi connectivity index (χ2n) is 2.71. The van der Waals surface area contributed by atoms with Crippen LogP contribution >= 0.6 is 0 Å². The van der Waals surface area contributed by atoms with Crippen LogP contribution in [0.4, 0.5) is 13.2 Å². The number of carbonyl (C=O) groups excluding carboxylic acids is 1. The lowest BCUT2D eigenvalue weighted by molar-refractivity contribution is -0.0800. The van der Waals surface area contributed by atoms with E-state index in [4.69, 9.17) is 0 Å². The van der Waals surface area contributed by atoms with Crippen molar-refractivity contribution in [3.05, 3.63) is 48.2 Å². The van der Waals surface area contributed by atoms with Crippen LogP contribution in [0, 0.1) is 0 Å². The van der Waals surface area contributed by atoms with Gasteiger partial charge in [0.1, 0.15) is 0 Å². The minimum absolute atomic E-state index is 0.0339. The van der Waals surface area contributed by atoms with E-state index in [-0.39, 0.29) is 6.08 Å². The van der Waals surface area contributed by atoms with Gasteiger partial charge < -0.3 is 5.32 Å². The third-order valence-corrected chi connectivity index (χ3v) is 1.52. The molecule has 80 valence electrons. The molecule has 2 nitrogen and oxygen atoms in total. The van der Waals surface area contributed by atoms with Crippen LogP contribution < -0.4 is 5.32 Å². The SMILES string of the molecule is O=C(NC=CC(F)(F)F)c1ccccc1. The second kappa shape index (κ2) is 4.63. The van der Waals surface area contributed by atoms with E-state index < -0.39 is 12.1 Å². The molecule has 0 aliphatic carbocycles. The van der Waals surface area contributed by atoms with E-state index >= 15 is 0 Å². The Labute approximate surface area is 84.4 Å². The van der Waals surface area contributed by atoms with Gasteiger partial charge in [-0.05, 0) is 12.1 Å². The number of alkyl halides is 3. The Balaban J connectivity index is 2.55. The van der Waals surface area contributed by atoms with Gasteiger partial charge >= 0.3 is 6.18 Å². The monoisotopic (exact) mass is 215 g/mol. The van der Waals surface area contributed by atoms with E-state index in [0.29, 0.717) is 11.8 Å². The highest BCUT2D eigenvalue weighted by Gasteiger charge is 2.21. The minimum atomic E-state index is -4.41. The Morgan fingerprint density at radius 3 is 2.33 bits per heavy atom. The number of rotatable bonds is 2. The van der Waals surface area contributed by atoms with Gasteiger partial charge in [0.15, 0.2) is 0 Å². The van der Waals surface area contributed by atoms with E-state index in [9.17, 15) is 18.0 Å². The van der Waals surface area contributed by atoms with E-state index in [0.717, 1.165) is 0 Å². The molecule has 0 radical (unpaired) electrons. The lowest BCUT2D eigenvalue weighted by Gasteiger charge is -2.00. The molecule has 0 atom stereocenters. The molecule has 1 aromatic carbocycles. The molecule has 1 amide bonds. The minimum Gasteiger partial charge on any atom is -0.329 e. The molecular formula is C10H8F3NO. The molecule has 0 fully saturated rings. The standard InChI is InChI=1S/C10H8F3NO/c11-10(12,13)6-7-14-9(15)8-4-2-1-3-5-8/h1-7H,(H,14,15). The number of hydrogen-bond donors (Lipinski definition) is 1. The lowest BCUT2D eigenvalue weighted by atomic mass is 10.2. The lowest BCUT2D eigenvalue weighted by Crippen LogP contribution is -2.18. The summed E-state index contributed by atoms with van der Waals surface area (Å²) in [4.78, 5) is 11.2. The van der Waals surface area contributed by atoms with Crippen molar-refractivity contribution in [3.8, 4) is 0 Å². The van der Waals surface area contributed by atoms with Crippen LogP contribution in [0.25, 0.3) is 0 Å². The maximum absolute atomic E-state index is 11.7. The molecule has 5 heteroatoms. The van der Waals surface area contributed by atoms with E-state index in [1.165, 1.54) is 12.1 Å². The molecule has 15 heavy (non-hydrogen) atoms. The van der Waals surface area contributed by atoms with E-state index in [1.807, 2.05) is 5.32 Å². The molecule has 1 N–H and O–H groups in total. The van der Waals surface area contributed by atoms with Gasteiger partial charge in [0.25, 0.3) is 5.91 Å². The molecule has 0 unspecified atom stereocenters. The van der Waals surface area contributed by atoms with Crippen molar-refractivity contribution in [2.75, 3.05) is 0 Å². The average Bonchev–Trinajstić information content (AvgIpc) is 2.17. The van der Waals surface area contributed by atoms with Gasteiger partial charge in [-0.25, -0.2) is 0 Å². The van der Waals surface area contributed by atoms with Crippen molar-refractivity contribution < 1.29 is 18.0 Å². The summed E-state index contributed by atoms with van der Waals surface area (Å²) in [6.07, 6.45) is -3.87. The third kappa shape index (κ3) is 4.30. The van der Waals surface area contributed by atoms with Crippen LogP contribution in [0.5, 0.6) is 0 Å². The highest BCUT2D eigenvalue weighted by molar-refractivity contribution is 5.94. The highest BCUT2D eigenvalue weighted by atomic mass is 19.4. The van der Waals surface area contributed by atoms with Crippen molar-refractivity contribution in [2.24, 2.45) is 0 Å². The molecule has 0 saturated carbocycles. The highest BCUT2D eigenvalue weighted by Crippen LogP contribution is 2.15. The van der Waals surface area contributed by atoms with Crippen molar-refractivity contribution >= 4 is 5.91 Å². The first-order valence-corrected chi connectivity index (χ1v) is 4.09. The Kier molecular flexibility index (Phi) is 3.49. The number of nitrogens with one attached hydrogen (secondary N) is 1.